The van der Waals surface area contributed by atoms with Crippen LogP contribution in [0.5, 0.6) is 5.75 Å². The van der Waals surface area contributed by atoms with Crippen LogP contribution in [0.2, 0.25) is 0 Å². The number of hydrogen-bond acceptors (Lipinski definition) is 6. The van der Waals surface area contributed by atoms with Gasteiger partial charge in [-0.3, -0.25) is 5.73 Å². The van der Waals surface area contributed by atoms with Crippen LogP contribution in [0.1, 0.15) is 11.5 Å². The zero-order valence-electron chi connectivity index (χ0n) is 12.5. The Morgan fingerprint density at radius 3 is 2.87 bits per heavy atom. The molecule has 1 spiro atoms. The minimum Gasteiger partial charge on any atom is -0.497 e. The maximum atomic E-state index is 10.0. The average molecular weight is 327 g/mol. The number of hydrogen-bond donors (Lipinski definition) is 2. The minimum atomic E-state index is -1.08. The first-order chi connectivity index (χ1) is 11.1. The number of thioether (sulfide) groups is 1. The molecule has 0 unspecified atom stereocenters. The summed E-state index contributed by atoms with van der Waals surface area (Å²) in [7, 11) is 1.59. The Balaban J connectivity index is 1.91. The molecule has 2 heterocycles. The molecular weight excluding hydrogens is 312 g/mol. The van der Waals surface area contributed by atoms with Gasteiger partial charge in [-0.2, -0.15) is 10.5 Å². The Morgan fingerprint density at radius 1 is 1.43 bits per heavy atom. The quantitative estimate of drug-likeness (QED) is 0.771. The number of ether oxygens (including phenoxy) is 2. The predicted molar refractivity (Wildman–Crippen MR) is 83.1 cm³/mol. The van der Waals surface area contributed by atoms with Crippen LogP contribution in [0.4, 0.5) is 0 Å². The molecule has 7 heteroatoms. The molecule has 2 fully saturated rings. The van der Waals surface area contributed by atoms with Crippen molar-refractivity contribution in [2.45, 2.75) is 11.0 Å². The van der Waals surface area contributed by atoms with E-state index in [4.69, 9.17) is 15.2 Å². The second-order valence-electron chi connectivity index (χ2n) is 5.90. The van der Waals surface area contributed by atoms with Gasteiger partial charge in [-0.05, 0) is 17.7 Å². The molecule has 23 heavy (non-hydrogen) atoms. The molecule has 1 saturated heterocycles. The lowest BCUT2D eigenvalue weighted by atomic mass is 9.95. The van der Waals surface area contributed by atoms with Crippen LogP contribution >= 0.6 is 11.8 Å². The molecule has 1 aromatic carbocycles. The average Bonchev–Trinajstić information content (AvgIpc) is 2.84. The zero-order valence-corrected chi connectivity index (χ0v) is 13.3. The Morgan fingerprint density at radius 2 is 2.26 bits per heavy atom. The Labute approximate surface area is 137 Å². The fourth-order valence-electron chi connectivity index (χ4n) is 4.14. The molecule has 3 aliphatic rings. The standard InChI is InChI=1S/C16H14N4O2S/c1-21-11-4-2-3-10(7-11)12-14(8-17)13(19)20-16(15(12,14)9-18)22-5-6-23-16/h2-4,7,12H,5-6H2,1H3,(H2,19,20)/p+1/t12-,14-,15-,16-/m1/s1. The highest BCUT2D eigenvalue weighted by molar-refractivity contribution is 8.00. The summed E-state index contributed by atoms with van der Waals surface area (Å²) >= 11 is 1.51. The minimum absolute atomic E-state index is 0.323. The van der Waals surface area contributed by atoms with Gasteiger partial charge >= 0.3 is 0 Å². The van der Waals surface area contributed by atoms with Gasteiger partial charge in [-0.25, -0.2) is 4.99 Å². The number of nitriles is 2. The van der Waals surface area contributed by atoms with Crippen LogP contribution in [0.15, 0.2) is 24.3 Å². The summed E-state index contributed by atoms with van der Waals surface area (Å²) in [4.78, 5) is 3.10. The van der Waals surface area contributed by atoms with Gasteiger partial charge in [0.1, 0.15) is 5.75 Å². The molecule has 0 bridgehead atoms. The van der Waals surface area contributed by atoms with Gasteiger partial charge in [0.25, 0.3) is 10.9 Å². The topological polar surface area (TPSA) is 106 Å². The molecule has 116 valence electrons. The first kappa shape index (κ1) is 14.4. The molecule has 0 aromatic heterocycles. The van der Waals surface area contributed by atoms with Gasteiger partial charge in [0.15, 0.2) is 10.8 Å². The van der Waals surface area contributed by atoms with E-state index in [0.29, 0.717) is 18.2 Å². The van der Waals surface area contributed by atoms with E-state index in [1.54, 1.807) is 7.11 Å². The number of amidine groups is 1. The van der Waals surface area contributed by atoms with E-state index in [1.165, 1.54) is 11.8 Å². The Kier molecular flexibility index (Phi) is 2.76. The molecule has 3 N–H and O–H groups in total. The summed E-state index contributed by atoms with van der Waals surface area (Å²) in [5, 5.41) is 19.0. The second-order valence-corrected chi connectivity index (χ2v) is 7.17. The molecule has 1 saturated carbocycles. The van der Waals surface area contributed by atoms with Crippen LogP contribution < -0.4 is 15.5 Å². The summed E-state index contributed by atoms with van der Waals surface area (Å²) in [6, 6.07) is 12.2. The van der Waals surface area contributed by atoms with Crippen molar-refractivity contribution in [3.8, 4) is 17.9 Å². The fraction of sp³-hybridized carbons (Fsp3) is 0.438. The molecule has 1 aromatic rings. The lowest BCUT2D eigenvalue weighted by Crippen LogP contribution is -2.88. The van der Waals surface area contributed by atoms with E-state index in [0.717, 1.165) is 11.3 Å². The SMILES string of the molecule is COc1cccc([C@H]2[C@@]3(C#N)[C@@]4([NH+]=C(N)[C@@]23C#N)OCCS4)c1. The normalized spacial score (nSPS) is 40.1. The van der Waals surface area contributed by atoms with Crippen molar-refractivity contribution in [3.05, 3.63) is 29.8 Å². The van der Waals surface area contributed by atoms with Gasteiger partial charge in [0.05, 0.1) is 25.9 Å². The van der Waals surface area contributed by atoms with E-state index in [1.807, 2.05) is 24.3 Å². The molecule has 0 amide bonds. The number of rotatable bonds is 2. The lowest BCUT2D eigenvalue weighted by Gasteiger charge is -2.23. The van der Waals surface area contributed by atoms with E-state index < -0.39 is 15.9 Å². The zero-order chi connectivity index (χ0) is 16.3. The molecular formula is C16H15N4O2S+. The fourth-order valence-corrected chi connectivity index (χ4v) is 5.49. The lowest BCUT2D eigenvalue weighted by molar-refractivity contribution is -0.583. The number of nitrogens with two attached hydrogens (primary N) is 1. The van der Waals surface area contributed by atoms with Crippen LogP contribution in [0, 0.1) is 33.5 Å². The largest absolute Gasteiger partial charge is 0.497 e. The molecule has 4 atom stereocenters. The summed E-state index contributed by atoms with van der Waals surface area (Å²) in [5.74, 6) is 1.43. The molecule has 4 rings (SSSR count). The summed E-state index contributed by atoms with van der Waals surface area (Å²) in [6.07, 6.45) is 0. The van der Waals surface area contributed by atoms with Crippen molar-refractivity contribution in [3.63, 3.8) is 0 Å². The highest BCUT2D eigenvalue weighted by atomic mass is 32.2. The predicted octanol–water partition coefficient (Wildman–Crippen LogP) is -0.319. The maximum absolute atomic E-state index is 10.0. The number of nitrogens with one attached hydrogen (secondary N) is 1. The van der Waals surface area contributed by atoms with Crippen molar-refractivity contribution in [1.82, 2.24) is 0 Å². The van der Waals surface area contributed by atoms with Crippen LogP contribution in [-0.4, -0.2) is 30.4 Å². The highest BCUT2D eigenvalue weighted by Crippen LogP contribution is 2.80. The van der Waals surface area contributed by atoms with E-state index in [-0.39, 0.29) is 5.92 Å². The van der Waals surface area contributed by atoms with E-state index >= 15 is 0 Å². The molecule has 0 radical (unpaired) electrons. The number of benzene rings is 1. The maximum Gasteiger partial charge on any atom is 0.277 e. The van der Waals surface area contributed by atoms with E-state index in [9.17, 15) is 10.5 Å². The first-order valence-corrected chi connectivity index (χ1v) is 8.26. The second kappa shape index (κ2) is 4.41. The third-order valence-corrected chi connectivity index (χ3v) is 6.44. The van der Waals surface area contributed by atoms with Gasteiger partial charge in [0, 0.05) is 11.7 Å². The smallest absolute Gasteiger partial charge is 0.277 e. The monoisotopic (exact) mass is 327 g/mol. The van der Waals surface area contributed by atoms with Gasteiger partial charge < -0.3 is 9.47 Å². The third kappa shape index (κ3) is 1.36. The molecule has 2 aliphatic heterocycles. The van der Waals surface area contributed by atoms with E-state index in [2.05, 4.69) is 17.1 Å². The molecule has 1 aliphatic carbocycles. The van der Waals surface area contributed by atoms with Crippen molar-refractivity contribution < 1.29 is 14.5 Å². The Hall–Kier alpha value is -2.22. The number of fused-ring (bicyclic) bond motifs is 2. The van der Waals surface area contributed by atoms with Gasteiger partial charge in [-0.1, -0.05) is 23.9 Å². The summed E-state index contributed by atoms with van der Waals surface area (Å²) < 4.78 is 11.2. The third-order valence-electron chi connectivity index (χ3n) is 5.12. The van der Waals surface area contributed by atoms with Crippen molar-refractivity contribution in [2.75, 3.05) is 19.5 Å². The summed E-state index contributed by atoms with van der Waals surface area (Å²) in [6.45, 7) is 0.528. The van der Waals surface area contributed by atoms with Crippen molar-refractivity contribution >= 4 is 17.6 Å². The summed E-state index contributed by atoms with van der Waals surface area (Å²) in [5.41, 5.74) is 4.94. The van der Waals surface area contributed by atoms with Gasteiger partial charge in [0.2, 0.25) is 0 Å². The van der Waals surface area contributed by atoms with Gasteiger partial charge in [-0.15, -0.1) is 0 Å². The Bertz CT molecular complexity index is 805. The van der Waals surface area contributed by atoms with Crippen LogP contribution in [-0.2, 0) is 4.74 Å². The number of methoxy groups -OCH3 is 1. The van der Waals surface area contributed by atoms with Crippen LogP contribution in [0.25, 0.3) is 0 Å². The van der Waals surface area contributed by atoms with Crippen molar-refractivity contribution in [1.29, 1.82) is 10.5 Å². The van der Waals surface area contributed by atoms with Crippen molar-refractivity contribution in [2.24, 2.45) is 16.6 Å². The van der Waals surface area contributed by atoms with Crippen LogP contribution in [0.3, 0.4) is 0 Å². The molecule has 6 nitrogen and oxygen atoms in total. The highest BCUT2D eigenvalue weighted by Gasteiger charge is 2.96. The first-order valence-electron chi connectivity index (χ1n) is 7.27. The number of nitrogens with zero attached hydrogens (tertiary/aromatic N) is 2.